The number of aliphatic hydroxyl groups is 1. The number of aliphatic hydroxyl groups excluding tert-OH is 1. The predicted molar refractivity (Wildman–Crippen MR) is 81.5 cm³/mol. The maximum Gasteiger partial charge on any atom is 0.0787 e. The van der Waals surface area contributed by atoms with Crippen LogP contribution in [0, 0.1) is 11.8 Å². The maximum atomic E-state index is 9.81. The molecule has 106 valence electrons. The van der Waals surface area contributed by atoms with Crippen LogP contribution < -0.4 is 4.90 Å². The molecule has 1 N–H and O–H groups in total. The zero-order chi connectivity index (χ0) is 13.8. The molecule has 1 aromatic carbocycles. The topological polar surface area (TPSA) is 23.5 Å². The summed E-state index contributed by atoms with van der Waals surface area (Å²) in [5.41, 5.74) is 2.33. The molecule has 0 aliphatic carbocycles. The molecule has 1 fully saturated rings. The van der Waals surface area contributed by atoms with Crippen LogP contribution in [0.15, 0.2) is 24.3 Å². The summed E-state index contributed by atoms with van der Waals surface area (Å²) in [6, 6.07) is 8.45. The van der Waals surface area contributed by atoms with E-state index in [1.165, 1.54) is 31.6 Å². The van der Waals surface area contributed by atoms with Gasteiger partial charge in [-0.1, -0.05) is 32.9 Å². The fourth-order valence-corrected chi connectivity index (χ4v) is 2.97. The van der Waals surface area contributed by atoms with Crippen molar-refractivity contribution in [3.63, 3.8) is 0 Å². The lowest BCUT2D eigenvalue weighted by molar-refractivity contribution is 0.173. The van der Waals surface area contributed by atoms with Crippen LogP contribution in [-0.4, -0.2) is 18.2 Å². The molecule has 1 atom stereocenters. The average Bonchev–Trinajstić information content (AvgIpc) is 2.46. The zero-order valence-corrected chi connectivity index (χ0v) is 12.5. The molecule has 1 heterocycles. The fraction of sp³-hybridized carbons (Fsp3) is 0.647. The number of piperidine rings is 1. The van der Waals surface area contributed by atoms with Crippen LogP contribution in [0.4, 0.5) is 5.69 Å². The number of anilines is 1. The summed E-state index contributed by atoms with van der Waals surface area (Å²) in [6.07, 6.45) is 3.06. The Labute approximate surface area is 117 Å². The second-order valence-corrected chi connectivity index (χ2v) is 6.08. The van der Waals surface area contributed by atoms with Gasteiger partial charge in [-0.2, -0.15) is 0 Å². The lowest BCUT2D eigenvalue weighted by atomic mass is 9.86. The summed E-state index contributed by atoms with van der Waals surface area (Å²) >= 11 is 0. The van der Waals surface area contributed by atoms with Gasteiger partial charge in [0.1, 0.15) is 0 Å². The third kappa shape index (κ3) is 3.50. The predicted octanol–water partition coefficient (Wildman–Crippen LogP) is 4.00. The van der Waals surface area contributed by atoms with Gasteiger partial charge in [0.15, 0.2) is 0 Å². The number of benzene rings is 1. The molecule has 0 radical (unpaired) electrons. The van der Waals surface area contributed by atoms with Crippen molar-refractivity contribution in [2.75, 3.05) is 18.0 Å². The van der Waals surface area contributed by atoms with Crippen molar-refractivity contribution < 1.29 is 5.11 Å². The molecule has 0 amide bonds. The molecule has 0 spiro atoms. The van der Waals surface area contributed by atoms with E-state index in [0.29, 0.717) is 0 Å². The van der Waals surface area contributed by atoms with Crippen molar-refractivity contribution in [2.45, 2.75) is 46.1 Å². The van der Waals surface area contributed by atoms with Gasteiger partial charge < -0.3 is 10.0 Å². The summed E-state index contributed by atoms with van der Waals surface area (Å²) in [5.74, 6) is 1.70. The van der Waals surface area contributed by atoms with E-state index in [0.717, 1.165) is 23.8 Å². The minimum absolute atomic E-state index is 0.319. The van der Waals surface area contributed by atoms with Crippen molar-refractivity contribution in [1.29, 1.82) is 0 Å². The molecule has 0 aromatic heterocycles. The van der Waals surface area contributed by atoms with Crippen molar-refractivity contribution in [3.8, 4) is 0 Å². The Bertz CT molecular complexity index is 377. The van der Waals surface area contributed by atoms with Crippen molar-refractivity contribution in [2.24, 2.45) is 11.8 Å². The highest BCUT2D eigenvalue weighted by Gasteiger charge is 2.21. The van der Waals surface area contributed by atoms with Crippen LogP contribution in [0.25, 0.3) is 0 Å². The van der Waals surface area contributed by atoms with Crippen molar-refractivity contribution in [3.05, 3.63) is 29.8 Å². The monoisotopic (exact) mass is 261 g/mol. The van der Waals surface area contributed by atoms with Crippen LogP contribution >= 0.6 is 0 Å². The van der Waals surface area contributed by atoms with E-state index in [9.17, 15) is 5.11 Å². The number of rotatable bonds is 4. The van der Waals surface area contributed by atoms with Crippen LogP contribution in [0.5, 0.6) is 0 Å². The molecule has 1 aliphatic heterocycles. The lowest BCUT2D eigenvalue weighted by Gasteiger charge is -2.35. The van der Waals surface area contributed by atoms with Crippen molar-refractivity contribution in [1.82, 2.24) is 0 Å². The summed E-state index contributed by atoms with van der Waals surface area (Å²) in [6.45, 7) is 9.01. The molecule has 2 nitrogen and oxygen atoms in total. The first-order valence-corrected chi connectivity index (χ1v) is 7.64. The molecule has 1 saturated heterocycles. The Morgan fingerprint density at radius 3 is 2.21 bits per heavy atom. The van der Waals surface area contributed by atoms with Gasteiger partial charge in [0.2, 0.25) is 0 Å². The Morgan fingerprint density at radius 2 is 1.74 bits per heavy atom. The molecule has 1 aliphatic rings. The minimum Gasteiger partial charge on any atom is -0.388 e. The molecule has 0 saturated carbocycles. The Morgan fingerprint density at radius 1 is 1.16 bits per heavy atom. The standard InChI is InChI=1S/C17H27NO/c1-4-17(19)15-5-7-16(8-6-15)18-11-9-14(10-12-18)13(2)3/h5-8,13-14,17,19H,4,9-12H2,1-3H3/t17-/m0/s1. The Kier molecular flexibility index (Phi) is 4.87. The van der Waals surface area contributed by atoms with Gasteiger partial charge >= 0.3 is 0 Å². The number of nitrogens with zero attached hydrogens (tertiary/aromatic N) is 1. The second-order valence-electron chi connectivity index (χ2n) is 6.08. The normalized spacial score (nSPS) is 18.9. The van der Waals surface area contributed by atoms with E-state index in [1.54, 1.807) is 0 Å². The molecule has 19 heavy (non-hydrogen) atoms. The van der Waals surface area contributed by atoms with Gasteiger partial charge in [0.25, 0.3) is 0 Å². The van der Waals surface area contributed by atoms with Gasteiger partial charge in [-0.15, -0.1) is 0 Å². The van der Waals surface area contributed by atoms with Crippen LogP contribution in [0.2, 0.25) is 0 Å². The molecule has 0 bridgehead atoms. The summed E-state index contributed by atoms with van der Waals surface area (Å²) < 4.78 is 0. The minimum atomic E-state index is -0.319. The Balaban J connectivity index is 1.96. The van der Waals surface area contributed by atoms with E-state index in [2.05, 4.69) is 43.0 Å². The quantitative estimate of drug-likeness (QED) is 0.885. The third-order valence-corrected chi connectivity index (χ3v) is 4.51. The highest BCUT2D eigenvalue weighted by Crippen LogP contribution is 2.28. The smallest absolute Gasteiger partial charge is 0.0787 e. The first kappa shape index (κ1) is 14.4. The fourth-order valence-electron chi connectivity index (χ4n) is 2.97. The molecule has 1 aromatic rings. The average molecular weight is 261 g/mol. The molecule has 0 unspecified atom stereocenters. The van der Waals surface area contributed by atoms with Crippen LogP contribution in [-0.2, 0) is 0 Å². The second kappa shape index (κ2) is 6.42. The van der Waals surface area contributed by atoms with E-state index in [-0.39, 0.29) is 6.10 Å². The summed E-state index contributed by atoms with van der Waals surface area (Å²) in [4.78, 5) is 2.47. The van der Waals surface area contributed by atoms with Crippen LogP contribution in [0.1, 0.15) is 51.7 Å². The van der Waals surface area contributed by atoms with Crippen LogP contribution in [0.3, 0.4) is 0 Å². The molecular weight excluding hydrogens is 234 g/mol. The first-order chi connectivity index (χ1) is 9.11. The molecule has 2 heteroatoms. The zero-order valence-electron chi connectivity index (χ0n) is 12.5. The number of hydrogen-bond donors (Lipinski definition) is 1. The molecular formula is C17H27NO. The highest BCUT2D eigenvalue weighted by atomic mass is 16.3. The maximum absolute atomic E-state index is 9.81. The van der Waals surface area contributed by atoms with Gasteiger partial charge in [0, 0.05) is 18.8 Å². The lowest BCUT2D eigenvalue weighted by Crippen LogP contribution is -2.35. The summed E-state index contributed by atoms with van der Waals surface area (Å²) in [7, 11) is 0. The number of hydrogen-bond acceptors (Lipinski definition) is 2. The van der Waals surface area contributed by atoms with Gasteiger partial charge in [-0.05, 0) is 48.8 Å². The van der Waals surface area contributed by atoms with E-state index >= 15 is 0 Å². The Hall–Kier alpha value is -1.02. The highest BCUT2D eigenvalue weighted by molar-refractivity contribution is 5.48. The van der Waals surface area contributed by atoms with Gasteiger partial charge in [0.05, 0.1) is 6.10 Å². The van der Waals surface area contributed by atoms with E-state index in [4.69, 9.17) is 0 Å². The largest absolute Gasteiger partial charge is 0.388 e. The van der Waals surface area contributed by atoms with E-state index in [1.807, 2.05) is 6.92 Å². The van der Waals surface area contributed by atoms with E-state index < -0.39 is 0 Å². The van der Waals surface area contributed by atoms with Crippen molar-refractivity contribution >= 4 is 5.69 Å². The molecule has 2 rings (SSSR count). The SMILES string of the molecule is CC[C@H](O)c1ccc(N2CCC(C(C)C)CC2)cc1. The van der Waals surface area contributed by atoms with Gasteiger partial charge in [-0.25, -0.2) is 0 Å². The van der Waals surface area contributed by atoms with Gasteiger partial charge in [-0.3, -0.25) is 0 Å². The summed E-state index contributed by atoms with van der Waals surface area (Å²) in [5, 5.41) is 9.81. The third-order valence-electron chi connectivity index (χ3n) is 4.51. The first-order valence-electron chi connectivity index (χ1n) is 7.64.